The molecule has 0 N–H and O–H groups in total. The van der Waals surface area contributed by atoms with Gasteiger partial charge in [-0.25, -0.2) is 4.39 Å². The molecule has 2 aliphatic carbocycles. The summed E-state index contributed by atoms with van der Waals surface area (Å²) in [6, 6.07) is 4.16. The zero-order valence-electron chi connectivity index (χ0n) is 12.3. The van der Waals surface area contributed by atoms with Crippen LogP contribution in [0.2, 0.25) is 0 Å². The summed E-state index contributed by atoms with van der Waals surface area (Å²) in [5, 5.41) is 0. The first-order chi connectivity index (χ1) is 9.38. The Bertz CT molecular complexity index is 552. The van der Waals surface area contributed by atoms with Gasteiger partial charge in [0.1, 0.15) is 17.7 Å². The number of carbonyl (C=O) groups is 1. The quantitative estimate of drug-likeness (QED) is 0.772. The van der Waals surface area contributed by atoms with E-state index in [0.717, 1.165) is 12.8 Å². The van der Waals surface area contributed by atoms with E-state index in [2.05, 4.69) is 20.8 Å². The Morgan fingerprint density at radius 1 is 1.35 bits per heavy atom. The zero-order valence-corrected chi connectivity index (χ0v) is 12.3. The van der Waals surface area contributed by atoms with Gasteiger partial charge in [0.15, 0.2) is 6.29 Å². The van der Waals surface area contributed by atoms with E-state index in [1.807, 2.05) is 0 Å². The lowest BCUT2D eigenvalue weighted by atomic mass is 9.70. The van der Waals surface area contributed by atoms with Gasteiger partial charge in [-0.05, 0) is 48.8 Å². The summed E-state index contributed by atoms with van der Waals surface area (Å²) in [4.78, 5) is 11.1. The monoisotopic (exact) mass is 276 g/mol. The number of ether oxygens (including phenoxy) is 1. The lowest BCUT2D eigenvalue weighted by Crippen LogP contribution is -2.39. The molecule has 3 rings (SSSR count). The third-order valence-corrected chi connectivity index (χ3v) is 6.08. The van der Waals surface area contributed by atoms with E-state index < -0.39 is 5.82 Å². The Morgan fingerprint density at radius 2 is 2.10 bits per heavy atom. The fourth-order valence-corrected chi connectivity index (χ4v) is 4.18. The maximum absolute atomic E-state index is 13.2. The van der Waals surface area contributed by atoms with Crippen LogP contribution in [0.25, 0.3) is 0 Å². The largest absolute Gasteiger partial charge is 0.489 e. The molecule has 0 saturated heterocycles. The second kappa shape index (κ2) is 4.31. The molecule has 0 aliphatic heterocycles. The Labute approximate surface area is 119 Å². The molecule has 3 unspecified atom stereocenters. The van der Waals surface area contributed by atoms with Crippen molar-refractivity contribution in [2.45, 2.75) is 46.1 Å². The molecule has 2 fully saturated rings. The Kier molecular flexibility index (Phi) is 2.93. The summed E-state index contributed by atoms with van der Waals surface area (Å²) in [6.45, 7) is 6.92. The van der Waals surface area contributed by atoms with Gasteiger partial charge in [-0.15, -0.1) is 0 Å². The normalized spacial score (nSPS) is 34.2. The van der Waals surface area contributed by atoms with E-state index in [1.54, 1.807) is 6.07 Å². The fraction of sp³-hybridized carbons (Fsp3) is 0.588. The first kappa shape index (κ1) is 13.6. The summed E-state index contributed by atoms with van der Waals surface area (Å²) in [6.07, 6.45) is 4.22. The van der Waals surface area contributed by atoms with Crippen molar-refractivity contribution in [1.82, 2.24) is 0 Å². The van der Waals surface area contributed by atoms with Crippen LogP contribution in [-0.4, -0.2) is 12.4 Å². The number of aldehydes is 1. The van der Waals surface area contributed by atoms with Gasteiger partial charge in [0, 0.05) is 5.41 Å². The van der Waals surface area contributed by atoms with Crippen LogP contribution < -0.4 is 4.74 Å². The second-order valence-corrected chi connectivity index (χ2v) is 7.02. The molecule has 0 heterocycles. The Morgan fingerprint density at radius 3 is 2.65 bits per heavy atom. The van der Waals surface area contributed by atoms with Gasteiger partial charge in [-0.1, -0.05) is 20.8 Å². The second-order valence-electron chi connectivity index (χ2n) is 7.02. The zero-order chi connectivity index (χ0) is 14.5. The highest BCUT2D eigenvalue weighted by Crippen LogP contribution is 2.66. The summed E-state index contributed by atoms with van der Waals surface area (Å²) in [7, 11) is 0. The van der Waals surface area contributed by atoms with Crippen molar-refractivity contribution < 1.29 is 13.9 Å². The molecule has 3 heteroatoms. The van der Waals surface area contributed by atoms with Crippen molar-refractivity contribution in [2.24, 2.45) is 16.7 Å². The molecule has 0 radical (unpaired) electrons. The maximum atomic E-state index is 13.2. The topological polar surface area (TPSA) is 26.3 Å². The van der Waals surface area contributed by atoms with Crippen molar-refractivity contribution in [3.63, 3.8) is 0 Å². The molecule has 2 aliphatic rings. The van der Waals surface area contributed by atoms with Gasteiger partial charge >= 0.3 is 0 Å². The summed E-state index contributed by atoms with van der Waals surface area (Å²) in [5.74, 6) is 0.785. The third kappa shape index (κ3) is 1.72. The van der Waals surface area contributed by atoms with Gasteiger partial charge in [0.2, 0.25) is 0 Å². The van der Waals surface area contributed by atoms with E-state index >= 15 is 0 Å². The van der Waals surface area contributed by atoms with Crippen LogP contribution in [0.15, 0.2) is 18.2 Å². The number of fused-ring (bicyclic) bond motifs is 2. The first-order valence-electron chi connectivity index (χ1n) is 7.30. The number of hydrogen-bond donors (Lipinski definition) is 0. The van der Waals surface area contributed by atoms with Crippen molar-refractivity contribution in [2.75, 3.05) is 0 Å². The third-order valence-electron chi connectivity index (χ3n) is 6.08. The molecule has 1 aromatic rings. The van der Waals surface area contributed by atoms with Crippen molar-refractivity contribution in [3.8, 4) is 5.75 Å². The summed E-state index contributed by atoms with van der Waals surface area (Å²) >= 11 is 0. The van der Waals surface area contributed by atoms with Crippen molar-refractivity contribution in [3.05, 3.63) is 29.6 Å². The minimum atomic E-state index is -0.404. The minimum absolute atomic E-state index is 0.111. The van der Waals surface area contributed by atoms with E-state index in [-0.39, 0.29) is 16.9 Å². The highest BCUT2D eigenvalue weighted by molar-refractivity contribution is 5.79. The number of halogens is 1. The molecule has 20 heavy (non-hydrogen) atoms. The number of benzene rings is 1. The fourth-order valence-electron chi connectivity index (χ4n) is 4.18. The molecule has 2 saturated carbocycles. The van der Waals surface area contributed by atoms with Crippen LogP contribution >= 0.6 is 0 Å². The van der Waals surface area contributed by atoms with E-state index in [0.29, 0.717) is 23.5 Å². The lowest BCUT2D eigenvalue weighted by molar-refractivity contribution is 0.0297. The Balaban J connectivity index is 1.89. The van der Waals surface area contributed by atoms with E-state index in [4.69, 9.17) is 4.74 Å². The van der Waals surface area contributed by atoms with Gasteiger partial charge in [-0.3, -0.25) is 4.79 Å². The van der Waals surface area contributed by atoms with Crippen LogP contribution in [0.1, 0.15) is 50.4 Å². The number of carbonyl (C=O) groups excluding carboxylic acids is 1. The molecule has 2 bridgehead atoms. The highest BCUT2D eigenvalue weighted by Gasteiger charge is 2.62. The van der Waals surface area contributed by atoms with Crippen LogP contribution in [-0.2, 0) is 0 Å². The SMILES string of the molecule is CC1(C)C2CCC1(C)C(Oc1ccc(F)cc1C=O)C2. The molecular weight excluding hydrogens is 255 g/mol. The molecule has 2 nitrogen and oxygen atoms in total. The predicted molar refractivity (Wildman–Crippen MR) is 75.4 cm³/mol. The summed E-state index contributed by atoms with van der Waals surface area (Å²) in [5.41, 5.74) is 0.694. The molecule has 3 atom stereocenters. The number of hydrogen-bond acceptors (Lipinski definition) is 2. The standard InChI is InChI=1S/C17H21FO2/c1-16(2)12-6-7-17(16,3)15(9-12)20-14-5-4-13(18)8-11(14)10-19/h4-5,8,10,12,15H,6-7,9H2,1-3H3. The molecule has 108 valence electrons. The van der Waals surface area contributed by atoms with Crippen molar-refractivity contribution in [1.29, 1.82) is 0 Å². The van der Waals surface area contributed by atoms with Crippen LogP contribution in [0.4, 0.5) is 4.39 Å². The first-order valence-corrected chi connectivity index (χ1v) is 7.30. The van der Waals surface area contributed by atoms with Crippen LogP contribution in [0, 0.1) is 22.6 Å². The van der Waals surface area contributed by atoms with Gasteiger partial charge in [0.05, 0.1) is 5.56 Å². The molecule has 0 amide bonds. The van der Waals surface area contributed by atoms with Gasteiger partial charge in [-0.2, -0.15) is 0 Å². The lowest BCUT2D eigenvalue weighted by Gasteiger charge is -2.39. The number of rotatable bonds is 3. The average molecular weight is 276 g/mol. The molecule has 1 aromatic carbocycles. The molecular formula is C17H21FO2. The van der Waals surface area contributed by atoms with Gasteiger partial charge < -0.3 is 4.74 Å². The maximum Gasteiger partial charge on any atom is 0.153 e. The summed E-state index contributed by atoms with van der Waals surface area (Å²) < 4.78 is 19.3. The molecule has 0 spiro atoms. The molecule has 0 aromatic heterocycles. The average Bonchev–Trinajstić information content (AvgIpc) is 2.74. The predicted octanol–water partition coefficient (Wildman–Crippen LogP) is 4.23. The van der Waals surface area contributed by atoms with E-state index in [9.17, 15) is 9.18 Å². The minimum Gasteiger partial charge on any atom is -0.489 e. The smallest absolute Gasteiger partial charge is 0.153 e. The van der Waals surface area contributed by atoms with E-state index in [1.165, 1.54) is 18.6 Å². The van der Waals surface area contributed by atoms with Crippen LogP contribution in [0.5, 0.6) is 5.75 Å². The highest BCUT2D eigenvalue weighted by atomic mass is 19.1. The van der Waals surface area contributed by atoms with Crippen molar-refractivity contribution >= 4 is 6.29 Å². The van der Waals surface area contributed by atoms with Crippen LogP contribution in [0.3, 0.4) is 0 Å². The van der Waals surface area contributed by atoms with Gasteiger partial charge in [0.25, 0.3) is 0 Å². The Hall–Kier alpha value is -1.38.